The van der Waals surface area contributed by atoms with Gasteiger partial charge < -0.3 is 5.32 Å². The van der Waals surface area contributed by atoms with Crippen molar-refractivity contribution >= 4 is 40.3 Å². The third kappa shape index (κ3) is 5.61. The Kier molecular flexibility index (Phi) is 8.50. The molecule has 0 saturated heterocycles. The molecule has 0 unspecified atom stereocenters. The number of unbranched alkanes of at least 4 members (excludes halogenated alkanes) is 3. The van der Waals surface area contributed by atoms with E-state index in [1.54, 1.807) is 11.8 Å². The molecule has 0 radical (unpaired) electrons. The van der Waals surface area contributed by atoms with Crippen LogP contribution in [0.1, 0.15) is 36.0 Å². The first-order valence-corrected chi connectivity index (χ1v) is 9.01. The molecule has 1 rings (SSSR count). The van der Waals surface area contributed by atoms with E-state index in [1.807, 2.05) is 30.5 Å². The first-order chi connectivity index (χ1) is 8.79. The van der Waals surface area contributed by atoms with Gasteiger partial charge in [-0.1, -0.05) is 47.6 Å². The zero-order valence-electron chi connectivity index (χ0n) is 10.7. The van der Waals surface area contributed by atoms with Crippen LogP contribution in [0, 0.1) is 0 Å². The summed E-state index contributed by atoms with van der Waals surface area (Å²) in [7, 11) is 0. The summed E-state index contributed by atoms with van der Waals surface area (Å²) >= 11 is 4.01. The normalized spacial score (nSPS) is 10.3. The van der Waals surface area contributed by atoms with Gasteiger partial charge in [-0.2, -0.15) is 0 Å². The van der Waals surface area contributed by atoms with Gasteiger partial charge >= 0.3 is 0 Å². The number of hydrogen-bond donors (Lipinski definition) is 1. The second-order valence-electron chi connectivity index (χ2n) is 4.06. The Morgan fingerprint density at radius 2 is 1.94 bits per heavy atom. The molecule has 0 saturated carbocycles. The highest BCUT2D eigenvalue weighted by molar-refractivity contribution is 14.1. The van der Waals surface area contributed by atoms with E-state index in [0.29, 0.717) is 0 Å². The number of alkyl halides is 1. The topological polar surface area (TPSA) is 29.1 Å². The van der Waals surface area contributed by atoms with Crippen LogP contribution in [0.2, 0.25) is 0 Å². The molecule has 2 nitrogen and oxygen atoms in total. The lowest BCUT2D eigenvalue weighted by molar-refractivity contribution is 0.0950. The van der Waals surface area contributed by atoms with Crippen molar-refractivity contribution in [2.24, 2.45) is 0 Å². The predicted octanol–water partition coefficient (Wildman–Crippen LogP) is 4.13. The monoisotopic (exact) mass is 377 g/mol. The van der Waals surface area contributed by atoms with Gasteiger partial charge in [-0.05, 0) is 35.7 Å². The number of halogens is 1. The van der Waals surface area contributed by atoms with Crippen LogP contribution in [-0.2, 0) is 0 Å². The lowest BCUT2D eigenvalue weighted by Gasteiger charge is -2.08. The van der Waals surface area contributed by atoms with E-state index in [2.05, 4.69) is 27.9 Å². The van der Waals surface area contributed by atoms with E-state index in [0.717, 1.165) is 23.4 Å². The number of benzene rings is 1. The van der Waals surface area contributed by atoms with Crippen LogP contribution in [0.15, 0.2) is 29.2 Å². The van der Waals surface area contributed by atoms with Crippen LogP contribution < -0.4 is 5.32 Å². The van der Waals surface area contributed by atoms with Crippen molar-refractivity contribution in [1.82, 2.24) is 5.32 Å². The molecule has 18 heavy (non-hydrogen) atoms. The molecule has 1 aromatic carbocycles. The fraction of sp³-hybridized carbons (Fsp3) is 0.500. The molecule has 100 valence electrons. The highest BCUT2D eigenvalue weighted by Crippen LogP contribution is 2.19. The van der Waals surface area contributed by atoms with E-state index in [4.69, 9.17) is 0 Å². The van der Waals surface area contributed by atoms with Gasteiger partial charge in [0.05, 0.1) is 5.56 Å². The van der Waals surface area contributed by atoms with Gasteiger partial charge in [0.25, 0.3) is 5.91 Å². The molecule has 0 atom stereocenters. The highest BCUT2D eigenvalue weighted by Gasteiger charge is 2.08. The zero-order chi connectivity index (χ0) is 13.2. The summed E-state index contributed by atoms with van der Waals surface area (Å²) in [5.74, 6) is 0.0499. The average Bonchev–Trinajstić information content (AvgIpc) is 2.42. The molecule has 0 aromatic heterocycles. The minimum atomic E-state index is 0.0499. The van der Waals surface area contributed by atoms with Crippen molar-refractivity contribution in [3.63, 3.8) is 0 Å². The lowest BCUT2D eigenvalue weighted by Crippen LogP contribution is -2.24. The molecule has 0 heterocycles. The third-order valence-electron chi connectivity index (χ3n) is 2.70. The number of carbonyl (C=O) groups excluding carboxylic acids is 1. The fourth-order valence-corrected chi connectivity index (χ4v) is 2.84. The van der Waals surface area contributed by atoms with Gasteiger partial charge in [0.15, 0.2) is 0 Å². The Balaban J connectivity index is 2.32. The quantitative estimate of drug-likeness (QED) is 0.319. The van der Waals surface area contributed by atoms with Crippen molar-refractivity contribution in [3.8, 4) is 0 Å². The van der Waals surface area contributed by atoms with Crippen LogP contribution in [0.5, 0.6) is 0 Å². The first kappa shape index (κ1) is 15.8. The van der Waals surface area contributed by atoms with Crippen LogP contribution in [-0.4, -0.2) is 23.1 Å². The molecule has 4 heteroatoms. The summed E-state index contributed by atoms with van der Waals surface area (Å²) < 4.78 is 1.23. The van der Waals surface area contributed by atoms with E-state index in [-0.39, 0.29) is 5.91 Å². The largest absolute Gasteiger partial charge is 0.352 e. The van der Waals surface area contributed by atoms with Crippen molar-refractivity contribution in [2.45, 2.75) is 30.6 Å². The van der Waals surface area contributed by atoms with E-state index in [1.165, 1.54) is 23.7 Å². The summed E-state index contributed by atoms with van der Waals surface area (Å²) in [6, 6.07) is 7.75. The van der Waals surface area contributed by atoms with Gasteiger partial charge in [0, 0.05) is 11.4 Å². The zero-order valence-corrected chi connectivity index (χ0v) is 13.7. The number of amides is 1. The van der Waals surface area contributed by atoms with Gasteiger partial charge in [-0.25, -0.2) is 0 Å². The predicted molar refractivity (Wildman–Crippen MR) is 87.9 cm³/mol. The summed E-state index contributed by atoms with van der Waals surface area (Å²) in [6.45, 7) is 0.781. The van der Waals surface area contributed by atoms with Crippen molar-refractivity contribution in [3.05, 3.63) is 29.8 Å². The summed E-state index contributed by atoms with van der Waals surface area (Å²) in [5.41, 5.74) is 0.789. The Labute approximate surface area is 127 Å². The van der Waals surface area contributed by atoms with Gasteiger partial charge in [-0.15, -0.1) is 11.8 Å². The SMILES string of the molecule is CSc1ccccc1C(=O)NCCCCCCI. The Morgan fingerprint density at radius 1 is 1.22 bits per heavy atom. The first-order valence-electron chi connectivity index (χ1n) is 6.26. The maximum absolute atomic E-state index is 12.0. The van der Waals surface area contributed by atoms with Crippen molar-refractivity contribution in [1.29, 1.82) is 0 Å². The van der Waals surface area contributed by atoms with E-state index >= 15 is 0 Å². The molecule has 0 aliphatic heterocycles. The number of hydrogen-bond acceptors (Lipinski definition) is 2. The molecule has 1 N–H and O–H groups in total. The molecular weight excluding hydrogens is 357 g/mol. The second kappa shape index (κ2) is 9.67. The number of nitrogens with one attached hydrogen (secondary N) is 1. The molecule has 0 fully saturated rings. The average molecular weight is 377 g/mol. The lowest BCUT2D eigenvalue weighted by atomic mass is 10.2. The molecule has 0 bridgehead atoms. The fourth-order valence-electron chi connectivity index (χ4n) is 1.70. The summed E-state index contributed by atoms with van der Waals surface area (Å²) in [4.78, 5) is 13.0. The molecule has 0 aliphatic carbocycles. The molecule has 1 amide bonds. The van der Waals surface area contributed by atoms with E-state index in [9.17, 15) is 4.79 Å². The van der Waals surface area contributed by atoms with Crippen LogP contribution in [0.3, 0.4) is 0 Å². The highest BCUT2D eigenvalue weighted by atomic mass is 127. The van der Waals surface area contributed by atoms with E-state index < -0.39 is 0 Å². The summed E-state index contributed by atoms with van der Waals surface area (Å²) in [6.07, 6.45) is 6.82. The second-order valence-corrected chi connectivity index (χ2v) is 5.99. The van der Waals surface area contributed by atoms with Crippen LogP contribution >= 0.6 is 34.4 Å². The van der Waals surface area contributed by atoms with Crippen LogP contribution in [0.25, 0.3) is 0 Å². The maximum Gasteiger partial charge on any atom is 0.252 e. The van der Waals surface area contributed by atoms with Crippen molar-refractivity contribution in [2.75, 3.05) is 17.2 Å². The smallest absolute Gasteiger partial charge is 0.252 e. The molecule has 0 aliphatic rings. The van der Waals surface area contributed by atoms with Gasteiger partial charge in [0.1, 0.15) is 0 Å². The number of rotatable bonds is 8. The third-order valence-corrected chi connectivity index (χ3v) is 4.26. The number of thioether (sulfide) groups is 1. The molecule has 0 spiro atoms. The van der Waals surface area contributed by atoms with Crippen molar-refractivity contribution < 1.29 is 4.79 Å². The number of carbonyl (C=O) groups is 1. The minimum absolute atomic E-state index is 0.0499. The maximum atomic E-state index is 12.0. The minimum Gasteiger partial charge on any atom is -0.352 e. The molecule has 1 aromatic rings. The van der Waals surface area contributed by atoms with Crippen LogP contribution in [0.4, 0.5) is 0 Å². The Morgan fingerprint density at radius 3 is 2.67 bits per heavy atom. The standard InChI is InChI=1S/C14H20INOS/c1-18-13-9-5-4-8-12(13)14(17)16-11-7-3-2-6-10-15/h4-5,8-9H,2-3,6-7,10-11H2,1H3,(H,16,17). The Hall–Kier alpha value is -0.230. The molecular formula is C14H20INOS. The van der Waals surface area contributed by atoms with Gasteiger partial charge in [0.2, 0.25) is 0 Å². The van der Waals surface area contributed by atoms with Gasteiger partial charge in [-0.3, -0.25) is 4.79 Å². The summed E-state index contributed by atoms with van der Waals surface area (Å²) in [5, 5.41) is 3.00. The Bertz CT molecular complexity index is 371.